The fourth-order valence-corrected chi connectivity index (χ4v) is 2.81. The lowest BCUT2D eigenvalue weighted by Crippen LogP contribution is -2.25. The summed E-state index contributed by atoms with van der Waals surface area (Å²) < 4.78 is 1.35. The molecule has 2 N–H and O–H groups in total. The van der Waals surface area contributed by atoms with Crippen molar-refractivity contribution in [2.75, 3.05) is 5.73 Å². The van der Waals surface area contributed by atoms with Crippen LogP contribution in [0.1, 0.15) is 36.6 Å². The van der Waals surface area contributed by atoms with E-state index in [1.807, 2.05) is 19.9 Å². The summed E-state index contributed by atoms with van der Waals surface area (Å²) in [7, 11) is 1.64. The molecule has 0 bridgehead atoms. The van der Waals surface area contributed by atoms with Crippen LogP contribution in [0.5, 0.6) is 0 Å². The first-order valence-corrected chi connectivity index (χ1v) is 7.35. The van der Waals surface area contributed by atoms with Crippen LogP contribution in [0, 0.1) is 0 Å². The first kappa shape index (κ1) is 15.9. The minimum absolute atomic E-state index is 0.0803. The molecule has 112 valence electrons. The molecule has 1 aromatic heterocycles. The van der Waals surface area contributed by atoms with Crippen LogP contribution < -0.4 is 11.3 Å². The van der Waals surface area contributed by atoms with Gasteiger partial charge in [0, 0.05) is 34.8 Å². The molecule has 2 aromatic rings. The fourth-order valence-electron chi connectivity index (χ4n) is 2.17. The Kier molecular flexibility index (Phi) is 4.59. The molecular formula is C15H17Cl2N3O. The summed E-state index contributed by atoms with van der Waals surface area (Å²) >= 11 is 12.4. The highest BCUT2D eigenvalue weighted by Crippen LogP contribution is 2.29. The van der Waals surface area contributed by atoms with Gasteiger partial charge in [-0.05, 0) is 29.7 Å². The molecule has 0 aliphatic carbocycles. The molecule has 0 radical (unpaired) electrons. The third kappa shape index (κ3) is 3.39. The maximum Gasteiger partial charge on any atom is 0.269 e. The topological polar surface area (TPSA) is 60.9 Å². The van der Waals surface area contributed by atoms with Crippen LogP contribution in [0.25, 0.3) is 0 Å². The van der Waals surface area contributed by atoms with E-state index in [1.54, 1.807) is 19.2 Å². The van der Waals surface area contributed by atoms with E-state index < -0.39 is 0 Å². The number of benzene rings is 1. The van der Waals surface area contributed by atoms with E-state index in [0.717, 1.165) is 16.8 Å². The van der Waals surface area contributed by atoms with Crippen LogP contribution in [0.3, 0.4) is 0 Å². The standard InChI is InChI=1S/C15H17Cl2N3O/c1-8(2)11-6-10(19-20(3)15(11)21)7-12-13(16)4-9(18)5-14(12)17/h4-6,8H,7,18H2,1-3H3. The predicted molar refractivity (Wildman–Crippen MR) is 87.2 cm³/mol. The summed E-state index contributed by atoms with van der Waals surface area (Å²) in [6, 6.07) is 5.14. The lowest BCUT2D eigenvalue weighted by molar-refractivity contribution is 0.658. The number of rotatable bonds is 3. The van der Waals surface area contributed by atoms with Crippen molar-refractivity contribution < 1.29 is 0 Å². The quantitative estimate of drug-likeness (QED) is 0.880. The molecule has 0 spiro atoms. The van der Waals surface area contributed by atoms with Crippen LogP contribution >= 0.6 is 23.2 Å². The number of hydrogen-bond acceptors (Lipinski definition) is 3. The number of nitrogens with zero attached hydrogens (tertiary/aromatic N) is 2. The highest BCUT2D eigenvalue weighted by molar-refractivity contribution is 6.36. The third-order valence-corrected chi connectivity index (χ3v) is 3.96. The maximum atomic E-state index is 12.0. The Balaban J connectivity index is 2.48. The molecule has 0 amide bonds. The molecule has 1 heterocycles. The van der Waals surface area contributed by atoms with Gasteiger partial charge in [-0.25, -0.2) is 4.68 Å². The van der Waals surface area contributed by atoms with E-state index in [-0.39, 0.29) is 11.5 Å². The van der Waals surface area contributed by atoms with Crippen LogP contribution in [0.4, 0.5) is 5.69 Å². The summed E-state index contributed by atoms with van der Waals surface area (Å²) in [5.74, 6) is 0.128. The second kappa shape index (κ2) is 6.08. The average Bonchev–Trinajstić information content (AvgIpc) is 2.37. The second-order valence-electron chi connectivity index (χ2n) is 5.31. The highest BCUT2D eigenvalue weighted by atomic mass is 35.5. The zero-order chi connectivity index (χ0) is 15.7. The summed E-state index contributed by atoms with van der Waals surface area (Å²) in [6.45, 7) is 3.95. The van der Waals surface area contributed by atoms with Gasteiger partial charge >= 0.3 is 0 Å². The van der Waals surface area contributed by atoms with Gasteiger partial charge in [-0.2, -0.15) is 5.10 Å². The number of halogens is 2. The monoisotopic (exact) mass is 325 g/mol. The normalized spacial score (nSPS) is 11.1. The van der Waals surface area contributed by atoms with Crippen LogP contribution in [-0.4, -0.2) is 9.78 Å². The van der Waals surface area contributed by atoms with Gasteiger partial charge in [-0.1, -0.05) is 37.0 Å². The second-order valence-corrected chi connectivity index (χ2v) is 6.13. The minimum atomic E-state index is -0.0803. The number of nitrogens with two attached hydrogens (primary N) is 1. The number of hydrogen-bond donors (Lipinski definition) is 1. The Labute approximate surface area is 133 Å². The van der Waals surface area contributed by atoms with Gasteiger partial charge in [0.05, 0.1) is 5.69 Å². The van der Waals surface area contributed by atoms with Crippen molar-refractivity contribution in [3.8, 4) is 0 Å². The molecule has 0 saturated carbocycles. The zero-order valence-corrected chi connectivity index (χ0v) is 13.7. The van der Waals surface area contributed by atoms with Gasteiger partial charge < -0.3 is 5.73 Å². The Morgan fingerprint density at radius 3 is 2.33 bits per heavy atom. The largest absolute Gasteiger partial charge is 0.399 e. The molecule has 0 fully saturated rings. The van der Waals surface area contributed by atoms with Crippen molar-refractivity contribution in [2.45, 2.75) is 26.2 Å². The maximum absolute atomic E-state index is 12.0. The van der Waals surface area contributed by atoms with Crippen molar-refractivity contribution in [1.29, 1.82) is 0 Å². The molecule has 1 aromatic carbocycles. The van der Waals surface area contributed by atoms with Gasteiger partial charge in [0.25, 0.3) is 5.56 Å². The van der Waals surface area contributed by atoms with E-state index >= 15 is 0 Å². The number of anilines is 1. The number of aryl methyl sites for hydroxylation is 1. The molecule has 0 unspecified atom stereocenters. The van der Waals surface area contributed by atoms with E-state index in [4.69, 9.17) is 28.9 Å². The summed E-state index contributed by atoms with van der Waals surface area (Å²) in [5.41, 5.74) is 8.37. The Bertz CT molecular complexity index is 715. The Morgan fingerprint density at radius 2 is 1.81 bits per heavy atom. The Hall–Kier alpha value is -1.52. The molecule has 4 nitrogen and oxygen atoms in total. The molecule has 2 rings (SSSR count). The van der Waals surface area contributed by atoms with Crippen molar-refractivity contribution in [3.05, 3.63) is 55.4 Å². The summed E-state index contributed by atoms with van der Waals surface area (Å²) in [5, 5.41) is 5.27. The smallest absolute Gasteiger partial charge is 0.269 e. The molecule has 0 saturated heterocycles. The van der Waals surface area contributed by atoms with Gasteiger partial charge in [0.2, 0.25) is 0 Å². The zero-order valence-electron chi connectivity index (χ0n) is 12.2. The van der Waals surface area contributed by atoms with Gasteiger partial charge in [-0.15, -0.1) is 0 Å². The number of nitrogen functional groups attached to an aromatic ring is 1. The third-order valence-electron chi connectivity index (χ3n) is 3.28. The van der Waals surface area contributed by atoms with E-state index in [9.17, 15) is 4.79 Å². The minimum Gasteiger partial charge on any atom is -0.399 e. The van der Waals surface area contributed by atoms with Gasteiger partial charge in [-0.3, -0.25) is 4.79 Å². The fraction of sp³-hybridized carbons (Fsp3) is 0.333. The molecule has 0 aliphatic rings. The van der Waals surface area contributed by atoms with Gasteiger partial charge in [0.15, 0.2) is 0 Å². The summed E-state index contributed by atoms with van der Waals surface area (Å²) in [6.07, 6.45) is 0.450. The first-order chi connectivity index (χ1) is 9.79. The first-order valence-electron chi connectivity index (χ1n) is 6.60. The van der Waals surface area contributed by atoms with E-state index in [1.165, 1.54) is 4.68 Å². The molecule has 0 atom stereocenters. The van der Waals surface area contributed by atoms with Crippen molar-refractivity contribution >= 4 is 28.9 Å². The molecule has 21 heavy (non-hydrogen) atoms. The van der Waals surface area contributed by atoms with Crippen molar-refractivity contribution in [2.24, 2.45) is 7.05 Å². The van der Waals surface area contributed by atoms with Crippen molar-refractivity contribution in [1.82, 2.24) is 9.78 Å². The molecule has 0 aliphatic heterocycles. The molecule has 6 heteroatoms. The van der Waals surface area contributed by atoms with Crippen LogP contribution in [0.15, 0.2) is 23.0 Å². The van der Waals surface area contributed by atoms with Crippen LogP contribution in [-0.2, 0) is 13.5 Å². The van der Waals surface area contributed by atoms with Gasteiger partial charge in [0.1, 0.15) is 0 Å². The summed E-state index contributed by atoms with van der Waals surface area (Å²) in [4.78, 5) is 12.0. The van der Waals surface area contributed by atoms with E-state index in [2.05, 4.69) is 5.10 Å². The average molecular weight is 326 g/mol. The highest BCUT2D eigenvalue weighted by Gasteiger charge is 2.13. The lowest BCUT2D eigenvalue weighted by atomic mass is 10.0. The Morgan fingerprint density at radius 1 is 1.24 bits per heavy atom. The predicted octanol–water partition coefficient (Wildman–Crippen LogP) is 3.38. The SMILES string of the molecule is CC(C)c1cc(Cc2c(Cl)cc(N)cc2Cl)nn(C)c1=O. The lowest BCUT2D eigenvalue weighted by Gasteiger charge is -2.12. The van der Waals surface area contributed by atoms with Crippen molar-refractivity contribution in [3.63, 3.8) is 0 Å². The molecular weight excluding hydrogens is 309 g/mol. The number of aromatic nitrogens is 2. The van der Waals surface area contributed by atoms with Crippen LogP contribution in [0.2, 0.25) is 10.0 Å². The van der Waals surface area contributed by atoms with E-state index in [0.29, 0.717) is 22.2 Å².